The zero-order chi connectivity index (χ0) is 21.6. The molecule has 1 saturated heterocycles. The number of imidazole rings is 1. The summed E-state index contributed by atoms with van der Waals surface area (Å²) in [5, 5.41) is 3.58. The van der Waals surface area contributed by atoms with E-state index >= 15 is 0 Å². The molecular formula is C23H26N4O3S. The average Bonchev–Trinajstić information content (AvgIpc) is 3.43. The van der Waals surface area contributed by atoms with Crippen LogP contribution in [-0.2, 0) is 16.1 Å². The number of amides is 2. The van der Waals surface area contributed by atoms with Crippen LogP contribution in [0.15, 0.2) is 53.7 Å². The summed E-state index contributed by atoms with van der Waals surface area (Å²) in [6.45, 7) is 4.29. The number of likely N-dealkylation sites (tertiary alicyclic amines) is 1. The molecule has 1 aliphatic heterocycles. The van der Waals surface area contributed by atoms with Gasteiger partial charge in [-0.2, -0.15) is 0 Å². The number of hydrogen-bond donors (Lipinski definition) is 1. The second-order valence-electron chi connectivity index (χ2n) is 7.32. The Labute approximate surface area is 185 Å². The zero-order valence-electron chi connectivity index (χ0n) is 17.5. The van der Waals surface area contributed by atoms with Crippen LogP contribution in [-0.4, -0.2) is 51.7 Å². The van der Waals surface area contributed by atoms with Gasteiger partial charge in [-0.25, -0.2) is 4.98 Å². The van der Waals surface area contributed by atoms with Gasteiger partial charge in [0, 0.05) is 13.1 Å². The highest BCUT2D eigenvalue weighted by molar-refractivity contribution is 7.99. The lowest BCUT2D eigenvalue weighted by Crippen LogP contribution is -2.31. The molecule has 7 nitrogen and oxygen atoms in total. The summed E-state index contributed by atoms with van der Waals surface area (Å²) < 4.78 is 7.49. The number of hydrogen-bond acceptors (Lipinski definition) is 5. The van der Waals surface area contributed by atoms with E-state index in [-0.39, 0.29) is 24.1 Å². The number of nitrogens with zero attached hydrogens (tertiary/aromatic N) is 3. The van der Waals surface area contributed by atoms with E-state index in [0.717, 1.165) is 37.0 Å². The maximum atomic E-state index is 12.8. The SMILES string of the molecule is CCOc1ccccc1NC(=O)CSc1nc2ccccc2n1CC(=O)N1CCCC1. The Morgan fingerprint density at radius 1 is 1.10 bits per heavy atom. The first kappa shape index (κ1) is 21.2. The van der Waals surface area contributed by atoms with E-state index in [0.29, 0.717) is 23.2 Å². The van der Waals surface area contributed by atoms with Crippen molar-refractivity contribution in [3.05, 3.63) is 48.5 Å². The Bertz CT molecular complexity index is 1080. The normalized spacial score (nSPS) is 13.5. The van der Waals surface area contributed by atoms with Gasteiger partial charge in [0.15, 0.2) is 5.16 Å². The lowest BCUT2D eigenvalue weighted by Gasteiger charge is -2.17. The molecule has 2 amide bonds. The fraction of sp³-hybridized carbons (Fsp3) is 0.348. The third-order valence-electron chi connectivity index (χ3n) is 5.17. The molecule has 0 bridgehead atoms. The Morgan fingerprint density at radius 3 is 2.65 bits per heavy atom. The number of anilines is 1. The molecule has 0 spiro atoms. The number of aromatic nitrogens is 2. The molecule has 1 fully saturated rings. The smallest absolute Gasteiger partial charge is 0.242 e. The Morgan fingerprint density at radius 2 is 1.84 bits per heavy atom. The molecule has 1 aromatic heterocycles. The van der Waals surface area contributed by atoms with Crippen LogP contribution in [0.4, 0.5) is 5.69 Å². The minimum Gasteiger partial charge on any atom is -0.492 e. The van der Waals surface area contributed by atoms with Crippen molar-refractivity contribution in [3.8, 4) is 5.75 Å². The third-order valence-corrected chi connectivity index (χ3v) is 6.14. The minimum atomic E-state index is -0.151. The van der Waals surface area contributed by atoms with E-state index in [4.69, 9.17) is 4.74 Å². The Balaban J connectivity index is 1.48. The summed E-state index contributed by atoms with van der Waals surface area (Å²) in [7, 11) is 0. The summed E-state index contributed by atoms with van der Waals surface area (Å²) >= 11 is 1.33. The van der Waals surface area contributed by atoms with Gasteiger partial charge >= 0.3 is 0 Å². The van der Waals surface area contributed by atoms with Crippen LogP contribution in [0.5, 0.6) is 5.75 Å². The van der Waals surface area contributed by atoms with E-state index in [1.165, 1.54) is 11.8 Å². The number of carbonyl (C=O) groups excluding carboxylic acids is 2. The van der Waals surface area contributed by atoms with E-state index in [2.05, 4.69) is 10.3 Å². The number of para-hydroxylation sites is 4. The number of ether oxygens (including phenoxy) is 1. The predicted octanol–water partition coefficient (Wildman–Crippen LogP) is 3.79. The molecule has 0 atom stereocenters. The van der Waals surface area contributed by atoms with Gasteiger partial charge in [0.1, 0.15) is 12.3 Å². The Kier molecular flexibility index (Phi) is 6.76. The molecule has 1 aliphatic rings. The molecule has 0 unspecified atom stereocenters. The van der Waals surface area contributed by atoms with Crippen LogP contribution in [0.3, 0.4) is 0 Å². The van der Waals surface area contributed by atoms with Gasteiger partial charge in [0.05, 0.1) is 29.1 Å². The highest BCUT2D eigenvalue weighted by atomic mass is 32.2. The van der Waals surface area contributed by atoms with Crippen LogP contribution >= 0.6 is 11.8 Å². The number of carbonyl (C=O) groups is 2. The summed E-state index contributed by atoms with van der Waals surface area (Å²) in [4.78, 5) is 31.9. The van der Waals surface area contributed by atoms with Gasteiger partial charge in [-0.15, -0.1) is 0 Å². The predicted molar refractivity (Wildman–Crippen MR) is 123 cm³/mol. The number of thioether (sulfide) groups is 1. The highest BCUT2D eigenvalue weighted by Gasteiger charge is 2.21. The molecule has 0 saturated carbocycles. The quantitative estimate of drug-likeness (QED) is 0.542. The third kappa shape index (κ3) is 5.02. The Hall–Kier alpha value is -3.00. The van der Waals surface area contributed by atoms with Crippen molar-refractivity contribution in [2.75, 3.05) is 30.8 Å². The molecule has 2 aromatic carbocycles. The van der Waals surface area contributed by atoms with Crippen molar-refractivity contribution in [1.82, 2.24) is 14.5 Å². The van der Waals surface area contributed by atoms with Gasteiger partial charge in [0.25, 0.3) is 0 Å². The van der Waals surface area contributed by atoms with Gasteiger partial charge in [-0.05, 0) is 44.0 Å². The second kappa shape index (κ2) is 9.87. The van der Waals surface area contributed by atoms with E-state index in [1.807, 2.05) is 64.9 Å². The fourth-order valence-electron chi connectivity index (χ4n) is 3.69. The molecule has 1 N–H and O–H groups in total. The van der Waals surface area contributed by atoms with Crippen molar-refractivity contribution in [2.45, 2.75) is 31.5 Å². The van der Waals surface area contributed by atoms with Crippen molar-refractivity contribution < 1.29 is 14.3 Å². The van der Waals surface area contributed by atoms with Crippen molar-refractivity contribution in [3.63, 3.8) is 0 Å². The highest BCUT2D eigenvalue weighted by Crippen LogP contribution is 2.27. The number of rotatable bonds is 8. The molecule has 2 heterocycles. The maximum absolute atomic E-state index is 12.8. The standard InChI is InChI=1S/C23H26N4O3S/c1-2-30-20-12-6-4-10-18(20)24-21(28)16-31-23-25-17-9-3-5-11-19(17)27(23)15-22(29)26-13-7-8-14-26/h3-6,9-12H,2,7-8,13-16H2,1H3,(H,24,28). The molecule has 4 rings (SSSR count). The van der Waals surface area contributed by atoms with E-state index in [9.17, 15) is 9.59 Å². The average molecular weight is 439 g/mol. The van der Waals surface area contributed by atoms with Crippen LogP contribution in [0.25, 0.3) is 11.0 Å². The fourth-order valence-corrected chi connectivity index (χ4v) is 4.50. The largest absolute Gasteiger partial charge is 0.492 e. The lowest BCUT2D eigenvalue weighted by atomic mass is 10.3. The lowest BCUT2D eigenvalue weighted by molar-refractivity contribution is -0.130. The summed E-state index contributed by atoms with van der Waals surface area (Å²) in [5.41, 5.74) is 2.37. The van der Waals surface area contributed by atoms with Gasteiger partial charge in [-0.1, -0.05) is 36.0 Å². The van der Waals surface area contributed by atoms with Crippen LogP contribution in [0, 0.1) is 0 Å². The molecule has 31 heavy (non-hydrogen) atoms. The molecular weight excluding hydrogens is 412 g/mol. The first-order valence-corrected chi connectivity index (χ1v) is 11.5. The number of nitrogens with one attached hydrogen (secondary N) is 1. The van der Waals surface area contributed by atoms with Crippen LogP contribution in [0.2, 0.25) is 0 Å². The molecule has 3 aromatic rings. The second-order valence-corrected chi connectivity index (χ2v) is 8.27. The number of fused-ring (bicyclic) bond motifs is 1. The maximum Gasteiger partial charge on any atom is 0.242 e. The number of benzene rings is 2. The molecule has 0 aliphatic carbocycles. The monoisotopic (exact) mass is 438 g/mol. The first-order chi connectivity index (χ1) is 15.2. The topological polar surface area (TPSA) is 76.5 Å². The zero-order valence-corrected chi connectivity index (χ0v) is 18.4. The molecule has 0 radical (unpaired) electrons. The summed E-state index contributed by atoms with van der Waals surface area (Å²) in [5.74, 6) is 0.771. The van der Waals surface area contributed by atoms with Crippen molar-refractivity contribution in [1.29, 1.82) is 0 Å². The molecule has 162 valence electrons. The van der Waals surface area contributed by atoms with Crippen LogP contribution in [0.1, 0.15) is 19.8 Å². The van der Waals surface area contributed by atoms with Gasteiger partial charge in [0.2, 0.25) is 11.8 Å². The van der Waals surface area contributed by atoms with Crippen molar-refractivity contribution >= 4 is 40.3 Å². The van der Waals surface area contributed by atoms with Crippen LogP contribution < -0.4 is 10.1 Å². The van der Waals surface area contributed by atoms with E-state index in [1.54, 1.807) is 0 Å². The van der Waals surface area contributed by atoms with Gasteiger partial charge < -0.3 is 19.5 Å². The van der Waals surface area contributed by atoms with E-state index < -0.39 is 0 Å². The van der Waals surface area contributed by atoms with Gasteiger partial charge in [-0.3, -0.25) is 9.59 Å². The minimum absolute atomic E-state index is 0.0950. The summed E-state index contributed by atoms with van der Waals surface area (Å²) in [6, 6.07) is 15.1. The molecule has 8 heteroatoms. The van der Waals surface area contributed by atoms with Crippen molar-refractivity contribution in [2.24, 2.45) is 0 Å². The summed E-state index contributed by atoms with van der Waals surface area (Å²) in [6.07, 6.45) is 2.11. The first-order valence-electron chi connectivity index (χ1n) is 10.5.